The van der Waals surface area contributed by atoms with Gasteiger partial charge in [0.05, 0.1) is 11.0 Å². The maximum absolute atomic E-state index is 6.50. The molecule has 0 aliphatic heterocycles. The van der Waals surface area contributed by atoms with Crippen molar-refractivity contribution in [2.75, 3.05) is 0 Å². The number of aromatic nitrogens is 4. The molecule has 0 fully saturated rings. The van der Waals surface area contributed by atoms with Crippen molar-refractivity contribution in [3.63, 3.8) is 0 Å². The summed E-state index contributed by atoms with van der Waals surface area (Å²) >= 11 is 3.90. The molecule has 5 nitrogen and oxygen atoms in total. The molecule has 8 aromatic carbocycles. The van der Waals surface area contributed by atoms with Gasteiger partial charge in [0.15, 0.2) is 11.6 Å². The summed E-state index contributed by atoms with van der Waals surface area (Å²) in [6.45, 7) is 0. The largest absolute Gasteiger partial charge is 0.456 e. The number of furan rings is 1. The van der Waals surface area contributed by atoms with Gasteiger partial charge in [0.2, 0.25) is 5.95 Å². The molecular weight excluding hydrogens is 692 g/mol. The van der Waals surface area contributed by atoms with Crippen LogP contribution in [0.3, 0.4) is 0 Å². The van der Waals surface area contributed by atoms with E-state index in [1.165, 1.54) is 32.3 Å². The van der Waals surface area contributed by atoms with Crippen LogP contribution in [0.5, 0.6) is 0 Å². The minimum atomic E-state index is 0.561. The summed E-state index contributed by atoms with van der Waals surface area (Å²) in [5.74, 6) is 1.74. The first-order chi connectivity index (χ1) is 25.2. The molecule has 6 heteroatoms. The van der Waals surface area contributed by atoms with E-state index in [9.17, 15) is 0 Å². The van der Waals surface area contributed by atoms with Crippen LogP contribution in [0.15, 0.2) is 161 Å². The Kier molecular flexibility index (Phi) is 6.04. The van der Waals surface area contributed by atoms with Crippen LogP contribution in [0, 0.1) is 0 Å². The zero-order chi connectivity index (χ0) is 33.6. The molecule has 0 saturated heterocycles. The Morgan fingerprint density at radius 3 is 1.92 bits per heavy atom. The van der Waals surface area contributed by atoms with Gasteiger partial charge >= 0.3 is 0 Å². The molecule has 0 amide bonds. The highest BCUT2D eigenvalue weighted by atomic mass is 79.9. The van der Waals surface area contributed by atoms with Gasteiger partial charge in [-0.3, -0.25) is 4.57 Å². The van der Waals surface area contributed by atoms with E-state index < -0.39 is 0 Å². The summed E-state index contributed by atoms with van der Waals surface area (Å²) < 4.78 is 9.76. The maximum Gasteiger partial charge on any atom is 0.238 e. The van der Waals surface area contributed by atoms with Gasteiger partial charge in [0.25, 0.3) is 0 Å². The average Bonchev–Trinajstić information content (AvgIpc) is 3.74. The standard InChI is InChI=1S/C45H25BrN4O/c46-34-23-24-36-42-40(34)31-16-8-7-15-30(31)32-18-9-19-35(41(32)42)50(36)45-48-43(27-13-5-2-6-14-27)47-44(49-45)28-21-22-33-38(25-28)51-37-20-10-17-29(39(33)37)26-11-3-1-4-12-26/h1-25H. The normalized spacial score (nSPS) is 12.0. The highest BCUT2D eigenvalue weighted by Crippen LogP contribution is 2.46. The number of fused-ring (bicyclic) bond motifs is 6. The smallest absolute Gasteiger partial charge is 0.238 e. The third-order valence-electron chi connectivity index (χ3n) is 10.1. The van der Waals surface area contributed by atoms with E-state index >= 15 is 0 Å². The first kappa shape index (κ1) is 28.5. The van der Waals surface area contributed by atoms with Crippen LogP contribution in [0.1, 0.15) is 0 Å². The molecular formula is C45H25BrN4O. The van der Waals surface area contributed by atoms with E-state index in [-0.39, 0.29) is 0 Å². The number of hydrogen-bond donors (Lipinski definition) is 0. The van der Waals surface area contributed by atoms with Crippen molar-refractivity contribution in [3.05, 3.63) is 156 Å². The van der Waals surface area contributed by atoms with Gasteiger partial charge in [-0.1, -0.05) is 131 Å². The van der Waals surface area contributed by atoms with Crippen molar-refractivity contribution in [1.29, 1.82) is 0 Å². The molecule has 0 aliphatic carbocycles. The van der Waals surface area contributed by atoms with Gasteiger partial charge in [-0.25, -0.2) is 4.98 Å². The van der Waals surface area contributed by atoms with Crippen molar-refractivity contribution >= 4 is 81.2 Å². The predicted molar refractivity (Wildman–Crippen MR) is 212 cm³/mol. The van der Waals surface area contributed by atoms with Gasteiger partial charge in [-0.2, -0.15) is 9.97 Å². The Hall–Kier alpha value is -6.37. The monoisotopic (exact) mass is 716 g/mol. The molecule has 51 heavy (non-hydrogen) atoms. The average molecular weight is 718 g/mol. The zero-order valence-corrected chi connectivity index (χ0v) is 28.6. The summed E-state index contributed by atoms with van der Waals surface area (Å²) in [6.07, 6.45) is 0. The van der Waals surface area contributed by atoms with E-state index in [1.54, 1.807) is 0 Å². The molecule has 0 radical (unpaired) electrons. The molecule has 238 valence electrons. The Bertz CT molecular complexity index is 3150. The lowest BCUT2D eigenvalue weighted by Gasteiger charge is -2.11. The van der Waals surface area contributed by atoms with Crippen molar-refractivity contribution in [2.45, 2.75) is 0 Å². The summed E-state index contributed by atoms with van der Waals surface area (Å²) in [5, 5.41) is 9.37. The van der Waals surface area contributed by atoms with Crippen LogP contribution in [0.2, 0.25) is 0 Å². The summed E-state index contributed by atoms with van der Waals surface area (Å²) in [4.78, 5) is 15.5. The molecule has 0 saturated carbocycles. The highest BCUT2D eigenvalue weighted by Gasteiger charge is 2.23. The van der Waals surface area contributed by atoms with Crippen LogP contribution in [-0.4, -0.2) is 19.5 Å². The Labute approximate surface area is 299 Å². The van der Waals surface area contributed by atoms with E-state index in [0.29, 0.717) is 17.6 Å². The fraction of sp³-hybridized carbons (Fsp3) is 0. The highest BCUT2D eigenvalue weighted by molar-refractivity contribution is 9.10. The molecule has 0 N–H and O–H groups in total. The number of nitrogens with zero attached hydrogens (tertiary/aromatic N) is 4. The fourth-order valence-corrected chi connectivity index (χ4v) is 8.44. The number of rotatable bonds is 4. The minimum absolute atomic E-state index is 0.561. The van der Waals surface area contributed by atoms with Gasteiger partial charge < -0.3 is 4.42 Å². The lowest BCUT2D eigenvalue weighted by Crippen LogP contribution is -2.06. The molecule has 11 aromatic rings. The number of hydrogen-bond acceptors (Lipinski definition) is 4. The number of benzene rings is 8. The Balaban J connectivity index is 1.18. The van der Waals surface area contributed by atoms with E-state index in [1.807, 2.05) is 42.5 Å². The molecule has 0 atom stereocenters. The van der Waals surface area contributed by atoms with Gasteiger partial charge in [0, 0.05) is 42.5 Å². The molecule has 0 aliphatic rings. The second-order valence-electron chi connectivity index (χ2n) is 12.9. The minimum Gasteiger partial charge on any atom is -0.456 e. The van der Waals surface area contributed by atoms with Crippen LogP contribution in [0.25, 0.3) is 105 Å². The lowest BCUT2D eigenvalue weighted by molar-refractivity contribution is 0.669. The van der Waals surface area contributed by atoms with E-state index in [0.717, 1.165) is 59.7 Å². The first-order valence-electron chi connectivity index (χ1n) is 16.9. The van der Waals surface area contributed by atoms with Crippen molar-refractivity contribution < 1.29 is 4.42 Å². The summed E-state index contributed by atoms with van der Waals surface area (Å²) in [6, 6.07) is 52.5. The maximum atomic E-state index is 6.50. The topological polar surface area (TPSA) is 56.7 Å². The Morgan fingerprint density at radius 1 is 0.431 bits per heavy atom. The summed E-state index contributed by atoms with van der Waals surface area (Å²) in [7, 11) is 0. The first-order valence-corrected chi connectivity index (χ1v) is 17.7. The summed E-state index contributed by atoms with van der Waals surface area (Å²) in [5.41, 5.74) is 7.79. The third-order valence-corrected chi connectivity index (χ3v) is 10.7. The molecule has 0 spiro atoms. The molecule has 0 unspecified atom stereocenters. The second kappa shape index (κ2) is 10.8. The SMILES string of the molecule is Brc1ccc2c3c1c1ccccc1c1cccc(c13)n2-c1nc(-c2ccccc2)nc(-c2ccc3c(c2)oc2cccc(-c4ccccc4)c23)n1. The number of halogens is 1. The van der Waals surface area contributed by atoms with Crippen LogP contribution in [-0.2, 0) is 0 Å². The van der Waals surface area contributed by atoms with Crippen LogP contribution >= 0.6 is 15.9 Å². The van der Waals surface area contributed by atoms with Crippen molar-refractivity contribution in [2.24, 2.45) is 0 Å². The molecule has 3 aromatic heterocycles. The molecule has 0 bridgehead atoms. The fourth-order valence-electron chi connectivity index (χ4n) is 7.90. The van der Waals surface area contributed by atoms with Crippen LogP contribution in [0.4, 0.5) is 0 Å². The van der Waals surface area contributed by atoms with E-state index in [4.69, 9.17) is 19.4 Å². The van der Waals surface area contributed by atoms with Crippen molar-refractivity contribution in [3.8, 4) is 39.9 Å². The lowest BCUT2D eigenvalue weighted by atomic mass is 9.94. The third kappa shape index (κ3) is 4.17. The molecule has 11 rings (SSSR count). The quantitative estimate of drug-likeness (QED) is 0.170. The van der Waals surface area contributed by atoms with Gasteiger partial charge in [-0.15, -0.1) is 0 Å². The predicted octanol–water partition coefficient (Wildman–Crippen LogP) is 12.4. The van der Waals surface area contributed by atoms with Gasteiger partial charge in [-0.05, 0) is 63.7 Å². The second-order valence-corrected chi connectivity index (χ2v) is 13.8. The van der Waals surface area contributed by atoms with Crippen LogP contribution < -0.4 is 0 Å². The van der Waals surface area contributed by atoms with Gasteiger partial charge in [0.1, 0.15) is 11.2 Å². The van der Waals surface area contributed by atoms with E-state index in [2.05, 4.69) is 130 Å². The zero-order valence-electron chi connectivity index (χ0n) is 27.0. The molecule has 3 heterocycles. The van der Waals surface area contributed by atoms with Crippen molar-refractivity contribution in [1.82, 2.24) is 19.5 Å². The Morgan fingerprint density at radius 2 is 1.10 bits per heavy atom.